The number of rotatable bonds is 13. The van der Waals surface area contributed by atoms with Crippen LogP contribution in [-0.4, -0.2) is 57.8 Å². The summed E-state index contributed by atoms with van der Waals surface area (Å²) < 4.78 is 11.1. The number of tetrazole rings is 1. The van der Waals surface area contributed by atoms with Crippen LogP contribution in [0.5, 0.6) is 0 Å². The summed E-state index contributed by atoms with van der Waals surface area (Å²) in [5, 5.41) is 19.7. The lowest BCUT2D eigenvalue weighted by Crippen LogP contribution is -2.52. The summed E-state index contributed by atoms with van der Waals surface area (Å²) in [4.78, 5) is 26.0. The van der Waals surface area contributed by atoms with Crippen LogP contribution in [0.1, 0.15) is 18.1 Å². The zero-order valence-corrected chi connectivity index (χ0v) is 22.1. The monoisotopic (exact) mass is 548 g/mol. The van der Waals surface area contributed by atoms with E-state index in [0.717, 1.165) is 22.3 Å². The number of hydrogen-bond donors (Lipinski definition) is 3. The summed E-state index contributed by atoms with van der Waals surface area (Å²) >= 11 is 6.14. The highest BCUT2D eigenvalue weighted by Crippen LogP contribution is 2.23. The molecule has 0 fully saturated rings. The van der Waals surface area contributed by atoms with E-state index >= 15 is 0 Å². The van der Waals surface area contributed by atoms with Gasteiger partial charge in [0, 0.05) is 5.02 Å². The Labute approximate surface area is 231 Å². The molecular weight excluding hydrogens is 520 g/mol. The van der Waals surface area contributed by atoms with Crippen LogP contribution in [0.25, 0.3) is 11.1 Å². The second kappa shape index (κ2) is 14.1. The molecule has 0 aliphatic carbocycles. The molecule has 3 aromatic carbocycles. The number of nitrogens with one attached hydrogen (secondary N) is 3. The molecule has 0 saturated carbocycles. The van der Waals surface area contributed by atoms with Gasteiger partial charge in [0.2, 0.25) is 5.91 Å². The number of halogens is 1. The number of anilines is 1. The van der Waals surface area contributed by atoms with Crippen LogP contribution in [0.15, 0.2) is 78.9 Å². The first kappa shape index (κ1) is 27.9. The van der Waals surface area contributed by atoms with Gasteiger partial charge in [0.05, 0.1) is 25.9 Å². The van der Waals surface area contributed by atoms with Crippen LogP contribution in [-0.2, 0) is 32.1 Å². The van der Waals surface area contributed by atoms with Gasteiger partial charge in [-0.25, -0.2) is 0 Å². The Morgan fingerprint density at radius 1 is 0.949 bits per heavy atom. The molecule has 3 N–H and O–H groups in total. The first-order valence-electron chi connectivity index (χ1n) is 12.5. The fourth-order valence-electron chi connectivity index (χ4n) is 3.92. The molecule has 11 heteroatoms. The van der Waals surface area contributed by atoms with E-state index in [1.807, 2.05) is 78.9 Å². The number of carbonyl (C=O) groups excluding carboxylic acids is 2. The molecule has 1 aromatic heterocycles. The quantitative estimate of drug-likeness (QED) is 0.215. The molecule has 2 atom stereocenters. The second-order valence-corrected chi connectivity index (χ2v) is 9.10. The van der Waals surface area contributed by atoms with E-state index in [1.54, 1.807) is 6.92 Å². The Morgan fingerprint density at radius 3 is 2.44 bits per heavy atom. The summed E-state index contributed by atoms with van der Waals surface area (Å²) in [6.07, 6.45) is 0.272. The molecule has 39 heavy (non-hydrogen) atoms. The molecule has 10 nitrogen and oxygen atoms in total. The van der Waals surface area contributed by atoms with Crippen LogP contribution in [0.2, 0.25) is 5.02 Å². The summed E-state index contributed by atoms with van der Waals surface area (Å²) in [5.41, 5.74) is 3.80. The lowest BCUT2D eigenvalue weighted by molar-refractivity contribution is -0.147. The lowest BCUT2D eigenvalue weighted by atomic mass is 10.00. The molecule has 0 spiro atoms. The number of benzene rings is 3. The number of aromatic amines is 1. The smallest absolute Gasteiger partial charge is 0.325 e. The first-order chi connectivity index (χ1) is 19.0. The number of ether oxygens (including phenoxy) is 2. The van der Waals surface area contributed by atoms with Gasteiger partial charge in [-0.1, -0.05) is 83.4 Å². The molecule has 202 valence electrons. The standard InChI is InChI=1S/C28H29ClN6O4/c1-2-39-27(37)25(18-38-17-20-7-4-3-5-8-20)30-24(26(36)31-28-32-34-35-33-28)15-19-11-13-21(14-12-19)22-9-6-10-23(29)16-22/h3-14,16,24-25,30H,2,15,17-18H2,1H3,(H2,31,32,33,34,35,36)/t24-,25-/m0/s1. The Hall–Kier alpha value is -4.12. The minimum Gasteiger partial charge on any atom is -0.465 e. The maximum absolute atomic E-state index is 13.2. The number of nitrogens with zero attached hydrogens (tertiary/aromatic N) is 3. The van der Waals surface area contributed by atoms with Gasteiger partial charge in [-0.2, -0.15) is 5.21 Å². The van der Waals surface area contributed by atoms with E-state index in [2.05, 4.69) is 31.3 Å². The van der Waals surface area contributed by atoms with Gasteiger partial charge in [0.1, 0.15) is 6.04 Å². The Morgan fingerprint density at radius 2 is 1.74 bits per heavy atom. The summed E-state index contributed by atoms with van der Waals surface area (Å²) in [5.74, 6) is -0.928. The maximum Gasteiger partial charge on any atom is 0.325 e. The topological polar surface area (TPSA) is 131 Å². The number of esters is 1. The highest BCUT2D eigenvalue weighted by Gasteiger charge is 2.28. The SMILES string of the molecule is CCOC(=O)[C@H](COCc1ccccc1)N[C@@H](Cc1ccc(-c2cccc(Cl)c2)cc1)C(=O)Nc1nn[nH]n1. The van der Waals surface area contributed by atoms with E-state index in [4.69, 9.17) is 21.1 Å². The van der Waals surface area contributed by atoms with E-state index in [1.165, 1.54) is 0 Å². The van der Waals surface area contributed by atoms with E-state index in [0.29, 0.717) is 11.6 Å². The molecule has 4 aromatic rings. The molecule has 0 saturated heterocycles. The van der Waals surface area contributed by atoms with Crippen molar-refractivity contribution in [1.29, 1.82) is 0 Å². The fraction of sp³-hybridized carbons (Fsp3) is 0.250. The van der Waals surface area contributed by atoms with Gasteiger partial charge < -0.3 is 9.47 Å². The van der Waals surface area contributed by atoms with Crippen LogP contribution in [0.4, 0.5) is 5.95 Å². The zero-order chi connectivity index (χ0) is 27.5. The lowest BCUT2D eigenvalue weighted by Gasteiger charge is -2.24. The van der Waals surface area contributed by atoms with Crippen LogP contribution >= 0.6 is 11.6 Å². The number of H-pyrrole nitrogens is 1. The van der Waals surface area contributed by atoms with Gasteiger partial charge >= 0.3 is 5.97 Å². The highest BCUT2D eigenvalue weighted by atomic mass is 35.5. The van der Waals surface area contributed by atoms with Gasteiger partial charge in [0.15, 0.2) is 0 Å². The van der Waals surface area contributed by atoms with E-state index in [9.17, 15) is 9.59 Å². The predicted octanol–water partition coefficient (Wildman–Crippen LogP) is 3.81. The molecule has 0 aliphatic rings. The van der Waals surface area contributed by atoms with Gasteiger partial charge in [-0.05, 0) is 52.9 Å². The zero-order valence-electron chi connectivity index (χ0n) is 21.3. The number of hydrogen-bond acceptors (Lipinski definition) is 8. The minimum absolute atomic E-state index is 0.00736. The van der Waals surface area contributed by atoms with Crippen LogP contribution in [0.3, 0.4) is 0 Å². The van der Waals surface area contributed by atoms with Crippen LogP contribution in [0, 0.1) is 0 Å². The summed E-state index contributed by atoms with van der Waals surface area (Å²) in [6, 6.07) is 23.2. The Kier molecular flexibility index (Phi) is 10.1. The molecule has 0 unspecified atom stereocenters. The number of aromatic nitrogens is 4. The molecule has 0 radical (unpaired) electrons. The van der Waals surface area contributed by atoms with Crippen LogP contribution < -0.4 is 10.6 Å². The third-order valence-electron chi connectivity index (χ3n) is 5.82. The fourth-order valence-corrected chi connectivity index (χ4v) is 4.11. The Balaban J connectivity index is 1.50. The summed E-state index contributed by atoms with van der Waals surface area (Å²) in [6.45, 7) is 2.23. The van der Waals surface area contributed by atoms with Gasteiger partial charge in [-0.15, -0.1) is 5.10 Å². The predicted molar refractivity (Wildman–Crippen MR) is 147 cm³/mol. The van der Waals surface area contributed by atoms with E-state index < -0.39 is 24.0 Å². The minimum atomic E-state index is -0.889. The molecule has 0 bridgehead atoms. The number of carbonyl (C=O) groups is 2. The van der Waals surface area contributed by atoms with Gasteiger partial charge in [0.25, 0.3) is 5.95 Å². The average Bonchev–Trinajstić information content (AvgIpc) is 3.46. The third-order valence-corrected chi connectivity index (χ3v) is 6.05. The average molecular weight is 549 g/mol. The summed E-state index contributed by atoms with van der Waals surface area (Å²) in [7, 11) is 0. The molecule has 1 amide bonds. The number of amides is 1. The maximum atomic E-state index is 13.2. The molecular formula is C28H29ClN6O4. The highest BCUT2D eigenvalue weighted by molar-refractivity contribution is 6.30. The third kappa shape index (κ3) is 8.44. The Bertz CT molecular complexity index is 1340. The molecule has 0 aliphatic heterocycles. The van der Waals surface area contributed by atoms with Crippen molar-refractivity contribution in [2.75, 3.05) is 18.5 Å². The van der Waals surface area contributed by atoms with Crippen molar-refractivity contribution in [3.8, 4) is 11.1 Å². The van der Waals surface area contributed by atoms with Crippen molar-refractivity contribution < 1.29 is 19.1 Å². The van der Waals surface area contributed by atoms with E-state index in [-0.39, 0.29) is 25.6 Å². The van der Waals surface area contributed by atoms with Crippen molar-refractivity contribution in [2.24, 2.45) is 0 Å². The van der Waals surface area contributed by atoms with Gasteiger partial charge in [-0.3, -0.25) is 20.2 Å². The molecule has 4 rings (SSSR count). The normalized spacial score (nSPS) is 12.5. The van der Waals surface area contributed by atoms with Crippen molar-refractivity contribution in [2.45, 2.75) is 32.0 Å². The second-order valence-electron chi connectivity index (χ2n) is 8.66. The van der Waals surface area contributed by atoms with Crippen molar-refractivity contribution >= 4 is 29.4 Å². The first-order valence-corrected chi connectivity index (χ1v) is 12.8. The largest absolute Gasteiger partial charge is 0.465 e. The van der Waals surface area contributed by atoms with Crippen molar-refractivity contribution in [3.05, 3.63) is 95.0 Å². The molecule has 1 heterocycles. The van der Waals surface area contributed by atoms with Crippen molar-refractivity contribution in [1.82, 2.24) is 25.9 Å². The van der Waals surface area contributed by atoms with Crippen molar-refractivity contribution in [3.63, 3.8) is 0 Å².